The van der Waals surface area contributed by atoms with E-state index in [9.17, 15) is 4.79 Å². The van der Waals surface area contributed by atoms with Crippen LogP contribution in [0, 0.1) is 0 Å². The zero-order valence-corrected chi connectivity index (χ0v) is 13.8. The summed E-state index contributed by atoms with van der Waals surface area (Å²) in [6.45, 7) is 4.00. The van der Waals surface area contributed by atoms with E-state index in [1.54, 1.807) is 19.0 Å². The van der Waals surface area contributed by atoms with Gasteiger partial charge in [0.05, 0.1) is 6.54 Å². The molecule has 21 heavy (non-hydrogen) atoms. The topological polar surface area (TPSA) is 35.6 Å². The molecular weight excluding hydrogens is 286 g/mol. The van der Waals surface area contributed by atoms with Crippen LogP contribution in [-0.4, -0.2) is 44.0 Å². The average molecular weight is 310 g/mol. The molecule has 0 spiro atoms. The number of nitrogens with one attached hydrogen (secondary N) is 1. The summed E-state index contributed by atoms with van der Waals surface area (Å²) < 4.78 is 0. The lowest BCUT2D eigenvalue weighted by molar-refractivity contribution is -0.127. The molecule has 0 unspecified atom stereocenters. The lowest BCUT2D eigenvalue weighted by Gasteiger charge is -2.24. The molecule has 5 heteroatoms. The Morgan fingerprint density at radius 3 is 2.62 bits per heavy atom. The first-order valence-corrected chi connectivity index (χ1v) is 7.86. The summed E-state index contributed by atoms with van der Waals surface area (Å²) in [5.41, 5.74) is 2.11. The molecule has 2 rings (SSSR count). The van der Waals surface area contributed by atoms with Gasteiger partial charge in [0, 0.05) is 43.9 Å². The van der Waals surface area contributed by atoms with E-state index in [0.717, 1.165) is 29.4 Å². The number of halogens is 1. The van der Waals surface area contributed by atoms with Gasteiger partial charge in [-0.25, -0.2) is 0 Å². The summed E-state index contributed by atoms with van der Waals surface area (Å²) in [6.07, 6.45) is 2.54. The maximum absolute atomic E-state index is 11.9. The second kappa shape index (κ2) is 7.14. The molecule has 1 N–H and O–H groups in total. The number of amides is 1. The summed E-state index contributed by atoms with van der Waals surface area (Å²) in [6, 6.07) is 6.72. The first-order valence-electron chi connectivity index (χ1n) is 7.48. The summed E-state index contributed by atoms with van der Waals surface area (Å²) in [5.74, 6) is 0.0902. The molecule has 1 saturated carbocycles. The summed E-state index contributed by atoms with van der Waals surface area (Å²) in [7, 11) is 3.55. The Morgan fingerprint density at radius 1 is 1.38 bits per heavy atom. The fourth-order valence-corrected chi connectivity index (χ4v) is 2.35. The molecule has 0 aliphatic heterocycles. The van der Waals surface area contributed by atoms with Crippen molar-refractivity contribution in [1.82, 2.24) is 10.2 Å². The van der Waals surface area contributed by atoms with E-state index >= 15 is 0 Å². The highest BCUT2D eigenvalue weighted by Gasteiger charge is 2.20. The van der Waals surface area contributed by atoms with Crippen LogP contribution in [-0.2, 0) is 11.3 Å². The van der Waals surface area contributed by atoms with Gasteiger partial charge in [-0.3, -0.25) is 4.79 Å². The van der Waals surface area contributed by atoms with E-state index in [1.807, 2.05) is 24.0 Å². The predicted molar refractivity (Wildman–Crippen MR) is 87.9 cm³/mol. The van der Waals surface area contributed by atoms with Crippen LogP contribution in [0.3, 0.4) is 0 Å². The van der Waals surface area contributed by atoms with Gasteiger partial charge >= 0.3 is 0 Å². The number of carbonyl (C=O) groups excluding carboxylic acids is 1. The third kappa shape index (κ3) is 4.61. The number of hydrogen-bond acceptors (Lipinski definition) is 3. The summed E-state index contributed by atoms with van der Waals surface area (Å²) >= 11 is 6.37. The number of carbonyl (C=O) groups is 1. The van der Waals surface area contributed by atoms with Crippen molar-refractivity contribution in [2.75, 3.05) is 32.1 Å². The van der Waals surface area contributed by atoms with Crippen molar-refractivity contribution in [1.29, 1.82) is 0 Å². The zero-order valence-electron chi connectivity index (χ0n) is 13.0. The van der Waals surface area contributed by atoms with E-state index in [4.69, 9.17) is 11.6 Å². The van der Waals surface area contributed by atoms with Crippen LogP contribution in [0.1, 0.15) is 25.3 Å². The van der Waals surface area contributed by atoms with E-state index in [0.29, 0.717) is 12.6 Å². The molecule has 0 radical (unpaired) electrons. The second-order valence-electron chi connectivity index (χ2n) is 5.73. The Kier molecular flexibility index (Phi) is 5.48. The maximum Gasteiger partial charge on any atom is 0.241 e. The van der Waals surface area contributed by atoms with Gasteiger partial charge in [0.1, 0.15) is 0 Å². The van der Waals surface area contributed by atoms with Gasteiger partial charge in [0.2, 0.25) is 5.91 Å². The molecule has 0 saturated heterocycles. The van der Waals surface area contributed by atoms with E-state index in [-0.39, 0.29) is 5.91 Å². The number of benzene rings is 1. The molecule has 1 aromatic rings. The molecule has 0 aromatic heterocycles. The fourth-order valence-electron chi connectivity index (χ4n) is 2.11. The standard InChI is InChI=1S/C16H24ClN3O/c1-4-20(11-16(21)19(2)3)14-8-5-12(15(17)9-14)10-18-13-6-7-13/h5,8-9,13,18H,4,6-7,10-11H2,1-3H3. The van der Waals surface area contributed by atoms with Crippen LogP contribution in [0.25, 0.3) is 0 Å². The van der Waals surface area contributed by atoms with Crippen LogP contribution in [0.15, 0.2) is 18.2 Å². The maximum atomic E-state index is 11.9. The monoisotopic (exact) mass is 309 g/mol. The quantitative estimate of drug-likeness (QED) is 0.840. The normalized spacial score (nSPS) is 14.1. The van der Waals surface area contributed by atoms with Crippen molar-refractivity contribution in [2.45, 2.75) is 32.4 Å². The van der Waals surface area contributed by atoms with E-state index < -0.39 is 0 Å². The highest BCUT2D eigenvalue weighted by molar-refractivity contribution is 6.31. The van der Waals surface area contributed by atoms with Gasteiger partial charge in [-0.1, -0.05) is 17.7 Å². The average Bonchev–Trinajstić information content (AvgIpc) is 3.27. The minimum absolute atomic E-state index is 0.0902. The third-order valence-corrected chi connectivity index (χ3v) is 4.12. The highest BCUT2D eigenvalue weighted by Crippen LogP contribution is 2.25. The van der Waals surface area contributed by atoms with Gasteiger partial charge < -0.3 is 15.1 Å². The zero-order chi connectivity index (χ0) is 15.4. The molecular formula is C16H24ClN3O. The Morgan fingerprint density at radius 2 is 2.10 bits per heavy atom. The number of hydrogen-bond donors (Lipinski definition) is 1. The SMILES string of the molecule is CCN(CC(=O)N(C)C)c1ccc(CNC2CC2)c(Cl)c1. The van der Waals surface area contributed by atoms with Gasteiger partial charge in [-0.15, -0.1) is 0 Å². The molecule has 0 heterocycles. The number of likely N-dealkylation sites (N-methyl/N-ethyl adjacent to an activating group) is 2. The van der Waals surface area contributed by atoms with Crippen LogP contribution < -0.4 is 10.2 Å². The molecule has 1 aliphatic carbocycles. The first kappa shape index (κ1) is 16.1. The summed E-state index contributed by atoms with van der Waals surface area (Å²) in [5, 5.41) is 4.23. The Labute approximate surface area is 132 Å². The first-order chi connectivity index (χ1) is 10.0. The summed E-state index contributed by atoms with van der Waals surface area (Å²) in [4.78, 5) is 15.5. The van der Waals surface area contributed by atoms with E-state index in [1.165, 1.54) is 12.8 Å². The van der Waals surface area contributed by atoms with Crippen LogP contribution >= 0.6 is 11.6 Å². The Bertz CT molecular complexity index is 500. The molecule has 0 atom stereocenters. The van der Waals surface area contributed by atoms with Crippen molar-refractivity contribution >= 4 is 23.2 Å². The van der Waals surface area contributed by atoms with E-state index in [2.05, 4.69) is 11.4 Å². The van der Waals surface area contributed by atoms with Crippen molar-refractivity contribution in [2.24, 2.45) is 0 Å². The van der Waals surface area contributed by atoms with Crippen molar-refractivity contribution in [3.63, 3.8) is 0 Å². The van der Waals surface area contributed by atoms with Gasteiger partial charge in [-0.05, 0) is 37.5 Å². The molecule has 116 valence electrons. The molecule has 0 bridgehead atoms. The third-order valence-electron chi connectivity index (χ3n) is 3.77. The van der Waals surface area contributed by atoms with Crippen molar-refractivity contribution in [3.05, 3.63) is 28.8 Å². The van der Waals surface area contributed by atoms with Crippen LogP contribution in [0.2, 0.25) is 5.02 Å². The van der Waals surface area contributed by atoms with Crippen molar-refractivity contribution in [3.8, 4) is 0 Å². The lowest BCUT2D eigenvalue weighted by Crippen LogP contribution is -2.36. The van der Waals surface area contributed by atoms with Crippen LogP contribution in [0.4, 0.5) is 5.69 Å². The molecule has 1 aromatic carbocycles. The highest BCUT2D eigenvalue weighted by atomic mass is 35.5. The Hall–Kier alpha value is -1.26. The number of anilines is 1. The molecule has 1 fully saturated rings. The van der Waals surface area contributed by atoms with Gasteiger partial charge in [-0.2, -0.15) is 0 Å². The predicted octanol–water partition coefficient (Wildman–Crippen LogP) is 2.51. The van der Waals surface area contributed by atoms with Crippen molar-refractivity contribution < 1.29 is 4.79 Å². The molecule has 1 aliphatic rings. The minimum atomic E-state index is 0.0902. The molecule has 1 amide bonds. The fraction of sp³-hybridized carbons (Fsp3) is 0.562. The smallest absolute Gasteiger partial charge is 0.241 e. The second-order valence-corrected chi connectivity index (χ2v) is 6.14. The lowest BCUT2D eigenvalue weighted by atomic mass is 10.2. The van der Waals surface area contributed by atoms with Crippen LogP contribution in [0.5, 0.6) is 0 Å². The number of nitrogens with zero attached hydrogens (tertiary/aromatic N) is 2. The van der Waals surface area contributed by atoms with Gasteiger partial charge in [0.15, 0.2) is 0 Å². The Balaban J connectivity index is 2.03. The number of rotatable bonds is 7. The molecule has 4 nitrogen and oxygen atoms in total. The largest absolute Gasteiger partial charge is 0.362 e. The van der Waals surface area contributed by atoms with Gasteiger partial charge in [0.25, 0.3) is 0 Å². The minimum Gasteiger partial charge on any atom is -0.362 e.